The van der Waals surface area contributed by atoms with Gasteiger partial charge in [-0.25, -0.2) is 0 Å². The summed E-state index contributed by atoms with van der Waals surface area (Å²) in [5, 5.41) is 1.57. The van der Waals surface area contributed by atoms with E-state index < -0.39 is 0 Å². The molecule has 0 unspecified atom stereocenters. The predicted octanol–water partition coefficient (Wildman–Crippen LogP) is 4.05. The van der Waals surface area contributed by atoms with E-state index in [0.717, 1.165) is 10.9 Å². The molecule has 3 rings (SSSR count). The van der Waals surface area contributed by atoms with Crippen molar-refractivity contribution in [1.82, 2.24) is 4.98 Å². The maximum absolute atomic E-state index is 12.3. The van der Waals surface area contributed by atoms with Crippen LogP contribution in [0.5, 0.6) is 0 Å². The zero-order valence-electron chi connectivity index (χ0n) is 9.48. The van der Waals surface area contributed by atoms with E-state index in [9.17, 15) is 4.79 Å². The first-order chi connectivity index (χ1) is 8.75. The minimum Gasteiger partial charge on any atom is -0.351 e. The fourth-order valence-corrected chi connectivity index (χ4v) is 2.22. The van der Waals surface area contributed by atoms with Crippen LogP contribution in [-0.4, -0.2) is 10.8 Å². The third-order valence-corrected chi connectivity index (χ3v) is 3.20. The maximum Gasteiger partial charge on any atom is 0.209 e. The van der Waals surface area contributed by atoms with Crippen LogP contribution in [0.1, 0.15) is 16.1 Å². The van der Waals surface area contributed by atoms with Crippen molar-refractivity contribution < 1.29 is 4.79 Å². The molecule has 2 nitrogen and oxygen atoms in total. The quantitative estimate of drug-likeness (QED) is 0.689. The van der Waals surface area contributed by atoms with Crippen LogP contribution >= 0.6 is 11.6 Å². The molecule has 0 aliphatic heterocycles. The fraction of sp³-hybridized carbons (Fsp3) is 0. The lowest BCUT2D eigenvalue weighted by Gasteiger charge is -1.97. The van der Waals surface area contributed by atoms with Gasteiger partial charge in [-0.15, -0.1) is 0 Å². The Balaban J connectivity index is 2.10. The second-order valence-corrected chi connectivity index (χ2v) is 4.49. The third kappa shape index (κ3) is 1.81. The molecule has 0 aliphatic carbocycles. The largest absolute Gasteiger partial charge is 0.351 e. The Labute approximate surface area is 109 Å². The molecule has 0 atom stereocenters. The number of hydrogen-bond donors (Lipinski definition) is 1. The van der Waals surface area contributed by atoms with Gasteiger partial charge in [0.05, 0.1) is 16.2 Å². The Morgan fingerprint density at radius 3 is 2.50 bits per heavy atom. The number of hydrogen-bond acceptors (Lipinski definition) is 1. The summed E-state index contributed by atoms with van der Waals surface area (Å²) < 4.78 is 0. The zero-order chi connectivity index (χ0) is 12.5. The Bertz CT molecular complexity index is 716. The molecule has 0 bridgehead atoms. The van der Waals surface area contributed by atoms with Crippen molar-refractivity contribution in [3.8, 4) is 0 Å². The van der Waals surface area contributed by atoms with Crippen molar-refractivity contribution in [2.24, 2.45) is 0 Å². The van der Waals surface area contributed by atoms with Gasteiger partial charge in [0.15, 0.2) is 0 Å². The van der Waals surface area contributed by atoms with Crippen molar-refractivity contribution in [2.75, 3.05) is 0 Å². The van der Waals surface area contributed by atoms with Crippen molar-refractivity contribution in [2.45, 2.75) is 0 Å². The van der Waals surface area contributed by atoms with Crippen LogP contribution in [0.4, 0.5) is 0 Å². The molecular weight excluding hydrogens is 246 g/mol. The van der Waals surface area contributed by atoms with Crippen LogP contribution in [0.25, 0.3) is 10.9 Å². The number of fused-ring (bicyclic) bond motifs is 1. The standard InChI is InChI=1S/C15H10ClNO/c16-12-8-4-7-11-9-13(17-14(11)12)15(18)10-5-2-1-3-6-10/h1-9,17H. The van der Waals surface area contributed by atoms with Gasteiger partial charge in [0.2, 0.25) is 5.78 Å². The highest BCUT2D eigenvalue weighted by atomic mass is 35.5. The van der Waals surface area contributed by atoms with E-state index in [1.54, 1.807) is 18.2 Å². The van der Waals surface area contributed by atoms with Gasteiger partial charge in [-0.05, 0) is 12.1 Å². The molecule has 2 aromatic carbocycles. The highest BCUT2D eigenvalue weighted by molar-refractivity contribution is 6.35. The number of H-pyrrole nitrogens is 1. The van der Waals surface area contributed by atoms with E-state index in [4.69, 9.17) is 11.6 Å². The molecule has 0 amide bonds. The molecule has 0 aliphatic rings. The Kier molecular flexibility index (Phi) is 2.65. The Morgan fingerprint density at radius 1 is 1.00 bits per heavy atom. The first-order valence-electron chi connectivity index (χ1n) is 5.63. The molecule has 0 fully saturated rings. The average Bonchev–Trinajstić information content (AvgIpc) is 2.84. The second-order valence-electron chi connectivity index (χ2n) is 4.08. The van der Waals surface area contributed by atoms with Gasteiger partial charge < -0.3 is 4.98 Å². The molecule has 88 valence electrons. The molecule has 0 saturated heterocycles. The average molecular weight is 256 g/mol. The lowest BCUT2D eigenvalue weighted by molar-refractivity contribution is 0.103. The van der Waals surface area contributed by atoms with Gasteiger partial charge in [-0.3, -0.25) is 4.79 Å². The van der Waals surface area contributed by atoms with Crippen molar-refractivity contribution >= 4 is 28.3 Å². The summed E-state index contributed by atoms with van der Waals surface area (Å²) in [6.45, 7) is 0. The van der Waals surface area contributed by atoms with Crippen LogP contribution in [0.2, 0.25) is 5.02 Å². The van der Waals surface area contributed by atoms with E-state index in [-0.39, 0.29) is 5.78 Å². The van der Waals surface area contributed by atoms with E-state index in [0.29, 0.717) is 16.3 Å². The van der Waals surface area contributed by atoms with E-state index in [1.165, 1.54) is 0 Å². The van der Waals surface area contributed by atoms with Crippen molar-refractivity contribution in [3.63, 3.8) is 0 Å². The van der Waals surface area contributed by atoms with Gasteiger partial charge in [0, 0.05) is 10.9 Å². The van der Waals surface area contributed by atoms with Gasteiger partial charge in [-0.1, -0.05) is 54.1 Å². The number of ketones is 1. The summed E-state index contributed by atoms with van der Waals surface area (Å²) in [6, 6.07) is 16.6. The number of halogens is 1. The third-order valence-electron chi connectivity index (χ3n) is 2.89. The van der Waals surface area contributed by atoms with Crippen LogP contribution < -0.4 is 0 Å². The SMILES string of the molecule is O=C(c1ccccc1)c1cc2cccc(Cl)c2[nH]1. The summed E-state index contributed by atoms with van der Waals surface area (Å²) in [7, 11) is 0. The molecule has 1 aromatic heterocycles. The van der Waals surface area contributed by atoms with E-state index in [1.807, 2.05) is 36.4 Å². The molecule has 18 heavy (non-hydrogen) atoms. The van der Waals surface area contributed by atoms with Crippen LogP contribution in [0, 0.1) is 0 Å². The molecule has 3 aromatic rings. The van der Waals surface area contributed by atoms with Gasteiger partial charge in [-0.2, -0.15) is 0 Å². The molecule has 0 radical (unpaired) electrons. The molecule has 0 spiro atoms. The summed E-state index contributed by atoms with van der Waals surface area (Å²) in [4.78, 5) is 15.3. The highest BCUT2D eigenvalue weighted by Gasteiger charge is 2.12. The normalized spacial score (nSPS) is 10.7. The minimum absolute atomic E-state index is 0.0251. The lowest BCUT2D eigenvalue weighted by atomic mass is 10.1. The van der Waals surface area contributed by atoms with Gasteiger partial charge >= 0.3 is 0 Å². The van der Waals surface area contributed by atoms with E-state index in [2.05, 4.69) is 4.98 Å². The molecule has 3 heteroatoms. The number of benzene rings is 2. The van der Waals surface area contributed by atoms with Crippen LogP contribution in [-0.2, 0) is 0 Å². The number of aromatic amines is 1. The molecular formula is C15H10ClNO. The summed E-state index contributed by atoms with van der Waals surface area (Å²) in [5.41, 5.74) is 2.03. The van der Waals surface area contributed by atoms with Crippen molar-refractivity contribution in [3.05, 3.63) is 70.9 Å². The lowest BCUT2D eigenvalue weighted by Crippen LogP contribution is -2.00. The number of carbonyl (C=O) groups excluding carboxylic acids is 1. The number of para-hydroxylation sites is 1. The number of nitrogens with one attached hydrogen (secondary N) is 1. The first-order valence-corrected chi connectivity index (χ1v) is 6.00. The second kappa shape index (κ2) is 4.31. The number of rotatable bonds is 2. The molecule has 0 saturated carbocycles. The number of aromatic nitrogens is 1. The topological polar surface area (TPSA) is 32.9 Å². The summed E-state index contributed by atoms with van der Waals surface area (Å²) >= 11 is 6.08. The first kappa shape index (κ1) is 11.1. The van der Waals surface area contributed by atoms with E-state index >= 15 is 0 Å². The summed E-state index contributed by atoms with van der Waals surface area (Å²) in [6.07, 6.45) is 0. The smallest absolute Gasteiger partial charge is 0.209 e. The minimum atomic E-state index is -0.0251. The predicted molar refractivity (Wildman–Crippen MR) is 73.2 cm³/mol. The maximum atomic E-state index is 12.3. The fourth-order valence-electron chi connectivity index (χ4n) is 1.99. The van der Waals surface area contributed by atoms with Gasteiger partial charge in [0.25, 0.3) is 0 Å². The monoisotopic (exact) mass is 255 g/mol. The number of carbonyl (C=O) groups is 1. The molecule has 1 heterocycles. The van der Waals surface area contributed by atoms with Crippen molar-refractivity contribution in [1.29, 1.82) is 0 Å². The molecule has 1 N–H and O–H groups in total. The highest BCUT2D eigenvalue weighted by Crippen LogP contribution is 2.24. The Hall–Kier alpha value is -2.06. The summed E-state index contributed by atoms with van der Waals surface area (Å²) in [5.74, 6) is -0.0251. The van der Waals surface area contributed by atoms with Crippen LogP contribution in [0.3, 0.4) is 0 Å². The Morgan fingerprint density at radius 2 is 1.78 bits per heavy atom. The zero-order valence-corrected chi connectivity index (χ0v) is 10.2. The van der Waals surface area contributed by atoms with Crippen LogP contribution in [0.15, 0.2) is 54.6 Å². The van der Waals surface area contributed by atoms with Gasteiger partial charge in [0.1, 0.15) is 0 Å².